The molecule has 5 amide bonds. The van der Waals surface area contributed by atoms with E-state index in [0.29, 0.717) is 30.5 Å². The van der Waals surface area contributed by atoms with Crippen LogP contribution in [0.15, 0.2) is 84.5 Å². The van der Waals surface area contributed by atoms with E-state index in [2.05, 4.69) is 22.9 Å². The van der Waals surface area contributed by atoms with Crippen molar-refractivity contribution in [1.82, 2.24) is 15.5 Å². The summed E-state index contributed by atoms with van der Waals surface area (Å²) in [4.78, 5) is 88.8. The summed E-state index contributed by atoms with van der Waals surface area (Å²) in [6.45, 7) is 6.27. The van der Waals surface area contributed by atoms with Crippen LogP contribution < -0.4 is 16.0 Å². The first-order valence-electron chi connectivity index (χ1n) is 21.7. The number of amides is 5. The largest absolute Gasteiger partial charge is 0.393 e. The molecule has 63 heavy (non-hydrogen) atoms. The Kier molecular flexibility index (Phi) is 11.8. The maximum Gasteiger partial charge on any atom is 0.253 e. The Morgan fingerprint density at radius 2 is 1.63 bits per heavy atom. The molecule has 0 spiro atoms. The van der Waals surface area contributed by atoms with Gasteiger partial charge in [0.1, 0.15) is 18.7 Å². The van der Waals surface area contributed by atoms with Crippen LogP contribution in [0.25, 0.3) is 0 Å². The van der Waals surface area contributed by atoms with Gasteiger partial charge in [-0.3, -0.25) is 38.5 Å². The zero-order valence-corrected chi connectivity index (χ0v) is 35.8. The van der Waals surface area contributed by atoms with E-state index in [4.69, 9.17) is 9.47 Å². The Morgan fingerprint density at radius 1 is 0.921 bits per heavy atom. The third-order valence-electron chi connectivity index (χ3n) is 14.6. The Morgan fingerprint density at radius 3 is 2.35 bits per heavy atom. The Balaban J connectivity index is 0.869. The van der Waals surface area contributed by atoms with Gasteiger partial charge in [0.2, 0.25) is 17.7 Å². The molecule has 4 aliphatic carbocycles. The molecule has 0 aromatic heterocycles. The molecule has 332 valence electrons. The molecule has 0 radical (unpaired) electrons. The molecule has 6 aliphatic rings. The molecule has 8 rings (SSSR count). The Bertz CT molecular complexity index is 2320. The average Bonchev–Trinajstić information content (AvgIpc) is 3.87. The van der Waals surface area contributed by atoms with Gasteiger partial charge in [0, 0.05) is 53.1 Å². The van der Waals surface area contributed by atoms with E-state index in [0.717, 1.165) is 46.6 Å². The number of carbonyl (C=O) groups is 7. The highest BCUT2D eigenvalue weighted by atomic mass is 16.7. The second kappa shape index (κ2) is 16.8. The lowest BCUT2D eigenvalue weighted by molar-refractivity contribution is -0.201. The minimum Gasteiger partial charge on any atom is -0.393 e. The van der Waals surface area contributed by atoms with E-state index < -0.39 is 88.9 Å². The van der Waals surface area contributed by atoms with Crippen molar-refractivity contribution in [1.29, 1.82) is 0 Å². The number of fused-ring (bicyclic) bond motifs is 7. The Labute approximate surface area is 365 Å². The van der Waals surface area contributed by atoms with E-state index in [1.54, 1.807) is 18.2 Å². The van der Waals surface area contributed by atoms with Crippen molar-refractivity contribution in [2.24, 2.45) is 28.6 Å². The summed E-state index contributed by atoms with van der Waals surface area (Å²) >= 11 is 0. The molecule has 2 aliphatic heterocycles. The van der Waals surface area contributed by atoms with Crippen LogP contribution in [0.2, 0.25) is 0 Å². The van der Waals surface area contributed by atoms with Crippen molar-refractivity contribution in [3.8, 4) is 0 Å². The number of allylic oxidation sites excluding steroid dienone is 4. The SMILES string of the molecule is CC(NC(=O)CCN1C(=O)C=CC1=O)C(=O)NC(C)C(=O)Nc1cccc(Cc2ccc(C3OC4CC5C6CCC7=CC(=O)C=CC7(C)C6C(O)CC5(C)C4(C(=O)CO)O3)cc2)c1. The number of ether oxygens (including phenoxy) is 2. The number of benzene rings is 2. The van der Waals surface area contributed by atoms with Crippen molar-refractivity contribution in [2.45, 2.75) is 102 Å². The summed E-state index contributed by atoms with van der Waals surface area (Å²) in [5.74, 6) is -3.15. The van der Waals surface area contributed by atoms with Gasteiger partial charge in [0.25, 0.3) is 11.8 Å². The second-order valence-electron chi connectivity index (χ2n) is 18.4. The van der Waals surface area contributed by atoms with Crippen LogP contribution in [0.4, 0.5) is 5.69 Å². The topological polar surface area (TPSA) is 218 Å². The molecular weight excluding hydrogens is 809 g/mol. The van der Waals surface area contributed by atoms with Crippen LogP contribution in [-0.4, -0.2) is 99.3 Å². The van der Waals surface area contributed by atoms with Gasteiger partial charge in [-0.05, 0) is 93.2 Å². The predicted octanol–water partition coefficient (Wildman–Crippen LogP) is 3.14. The van der Waals surface area contributed by atoms with Crippen LogP contribution >= 0.6 is 0 Å². The molecule has 2 aromatic rings. The molecule has 0 bridgehead atoms. The standard InChI is InChI=1S/C48H54N4O11/c1-26(49-39(57)17-19-52-40(58)14-15-41(52)59)43(60)50-27(2)44(61)51-32-7-5-6-29(21-32)20-28-8-10-30(11-9-28)45-62-38-23-35-34-13-12-31-22-33(54)16-18-46(31,3)42(34)36(55)24-47(35,4)48(38,63-45)37(56)25-53/h5-11,14-16,18,21-22,26-27,34-36,38,42,45,53,55H,12-13,17,19-20,23-25H2,1-4H3,(H,49,57)(H,50,60)(H,51,61). The molecule has 15 nitrogen and oxygen atoms in total. The predicted molar refractivity (Wildman–Crippen MR) is 227 cm³/mol. The van der Waals surface area contributed by atoms with Crippen molar-refractivity contribution in [3.63, 3.8) is 0 Å². The van der Waals surface area contributed by atoms with Gasteiger partial charge < -0.3 is 35.6 Å². The highest BCUT2D eigenvalue weighted by Crippen LogP contribution is 2.70. The number of hydrogen-bond acceptors (Lipinski definition) is 11. The summed E-state index contributed by atoms with van der Waals surface area (Å²) in [7, 11) is 0. The number of ketones is 2. The first-order chi connectivity index (χ1) is 30.0. The number of hydrogen-bond donors (Lipinski definition) is 5. The zero-order valence-electron chi connectivity index (χ0n) is 35.8. The summed E-state index contributed by atoms with van der Waals surface area (Å²) in [5.41, 5.74) is 1.42. The molecule has 5 N–H and O–H groups in total. The van der Waals surface area contributed by atoms with Gasteiger partial charge in [0.15, 0.2) is 23.5 Å². The molecule has 1 saturated heterocycles. The van der Waals surface area contributed by atoms with E-state index in [-0.39, 0.29) is 36.5 Å². The van der Waals surface area contributed by atoms with Crippen molar-refractivity contribution >= 4 is 46.8 Å². The van der Waals surface area contributed by atoms with Gasteiger partial charge in [-0.2, -0.15) is 0 Å². The van der Waals surface area contributed by atoms with Crippen LogP contribution in [0.3, 0.4) is 0 Å². The maximum absolute atomic E-state index is 13.9. The second-order valence-corrected chi connectivity index (χ2v) is 18.4. The van der Waals surface area contributed by atoms with E-state index in [1.807, 2.05) is 55.5 Å². The first-order valence-corrected chi connectivity index (χ1v) is 21.7. The highest BCUT2D eigenvalue weighted by Gasteiger charge is 2.76. The number of rotatable bonds is 13. The number of anilines is 1. The van der Waals surface area contributed by atoms with E-state index in [9.17, 15) is 43.8 Å². The number of nitrogens with zero attached hydrogens (tertiary/aromatic N) is 1. The van der Waals surface area contributed by atoms with E-state index in [1.165, 1.54) is 13.8 Å². The zero-order chi connectivity index (χ0) is 45.0. The highest BCUT2D eigenvalue weighted by molar-refractivity contribution is 6.13. The van der Waals surface area contributed by atoms with Crippen molar-refractivity contribution < 1.29 is 53.2 Å². The number of Topliss-reactive ketones (excluding diaryl/α,β-unsaturated/α-hetero) is 1. The minimum absolute atomic E-state index is 0.0106. The van der Waals surface area contributed by atoms with Gasteiger partial charge in [-0.1, -0.05) is 61.9 Å². The fourth-order valence-corrected chi connectivity index (χ4v) is 11.5. The number of carbonyl (C=O) groups excluding carboxylic acids is 7. The summed E-state index contributed by atoms with van der Waals surface area (Å²) < 4.78 is 13.4. The van der Waals surface area contributed by atoms with Gasteiger partial charge in [-0.25, -0.2) is 0 Å². The summed E-state index contributed by atoms with van der Waals surface area (Å²) in [5, 5.41) is 30.2. The maximum atomic E-state index is 13.9. The number of aliphatic hydroxyl groups excluding tert-OH is 2. The number of imide groups is 1. The molecule has 2 aromatic carbocycles. The summed E-state index contributed by atoms with van der Waals surface area (Å²) in [6.07, 6.45) is 7.96. The van der Waals surface area contributed by atoms with Crippen molar-refractivity contribution in [2.75, 3.05) is 18.5 Å². The van der Waals surface area contributed by atoms with Gasteiger partial charge >= 0.3 is 0 Å². The lowest BCUT2D eigenvalue weighted by Crippen LogP contribution is -2.63. The quantitative estimate of drug-likeness (QED) is 0.184. The minimum atomic E-state index is -1.45. The van der Waals surface area contributed by atoms with Gasteiger partial charge in [-0.15, -0.1) is 0 Å². The Hall–Kier alpha value is -5.61. The monoisotopic (exact) mass is 862 g/mol. The van der Waals surface area contributed by atoms with Crippen LogP contribution in [0.1, 0.15) is 82.8 Å². The van der Waals surface area contributed by atoms with Crippen LogP contribution in [0.5, 0.6) is 0 Å². The molecule has 15 heteroatoms. The molecule has 2 heterocycles. The molecule has 4 fully saturated rings. The average molecular weight is 863 g/mol. The third-order valence-corrected chi connectivity index (χ3v) is 14.6. The lowest BCUT2D eigenvalue weighted by Gasteiger charge is -2.59. The fourth-order valence-electron chi connectivity index (χ4n) is 11.5. The lowest BCUT2D eigenvalue weighted by atomic mass is 9.46. The van der Waals surface area contributed by atoms with Gasteiger partial charge in [0.05, 0.1) is 12.2 Å². The first kappa shape index (κ1) is 44.0. The fraction of sp³-hybridized carbons (Fsp3) is 0.479. The molecular formula is C48H54N4O11. The summed E-state index contributed by atoms with van der Waals surface area (Å²) in [6, 6.07) is 13.0. The molecule has 11 unspecified atom stereocenters. The van der Waals surface area contributed by atoms with Crippen LogP contribution in [-0.2, 0) is 49.5 Å². The number of aliphatic hydroxyl groups is 2. The molecule has 3 saturated carbocycles. The number of nitrogens with one attached hydrogen (secondary N) is 3. The molecule has 11 atom stereocenters. The third kappa shape index (κ3) is 7.78. The smallest absolute Gasteiger partial charge is 0.253 e. The van der Waals surface area contributed by atoms with Crippen LogP contribution in [0, 0.1) is 28.6 Å². The normalized spacial score (nSPS) is 32.5. The van der Waals surface area contributed by atoms with E-state index >= 15 is 0 Å². The van der Waals surface area contributed by atoms with Crippen molar-refractivity contribution in [3.05, 3.63) is 101 Å².